The number of hydrogen-bond acceptors (Lipinski definition) is 2. The topological polar surface area (TPSA) is 26.8 Å². The number of carbonyl (C=O) groups excluding carboxylic acids is 1. The van der Waals surface area contributed by atoms with Gasteiger partial charge >= 0.3 is 6.03 Å². The molecular formula is C18H18BrN3O. The zero-order valence-corrected chi connectivity index (χ0v) is 14.5. The number of fused-ring (bicyclic) bond motifs is 1. The molecule has 0 bridgehead atoms. The SMILES string of the molecule is C[C@@H]1CCN2[C@H](c3ccc(Br)cc3)N(c3ccccc3)C(=O)N12. The highest BCUT2D eigenvalue weighted by molar-refractivity contribution is 9.10. The molecule has 0 spiro atoms. The van der Waals surface area contributed by atoms with E-state index in [4.69, 9.17) is 0 Å². The summed E-state index contributed by atoms with van der Waals surface area (Å²) >= 11 is 3.49. The van der Waals surface area contributed by atoms with Gasteiger partial charge in [-0.3, -0.25) is 9.91 Å². The number of para-hydroxylation sites is 1. The first-order chi connectivity index (χ1) is 11.2. The molecule has 2 saturated heterocycles. The predicted molar refractivity (Wildman–Crippen MR) is 93.8 cm³/mol. The number of benzene rings is 2. The standard InChI is InChI=1S/C18H18BrN3O/c1-13-11-12-20-17(14-7-9-15(19)10-8-14)21(18(23)22(13)20)16-5-3-2-4-6-16/h2-10,13,17H,11-12H2,1H3/t13-,17+/m1/s1. The van der Waals surface area contributed by atoms with E-state index < -0.39 is 0 Å². The average molecular weight is 372 g/mol. The summed E-state index contributed by atoms with van der Waals surface area (Å²) in [5, 5.41) is 4.11. The zero-order chi connectivity index (χ0) is 16.0. The second kappa shape index (κ2) is 5.65. The van der Waals surface area contributed by atoms with Crippen molar-refractivity contribution in [2.75, 3.05) is 11.4 Å². The molecule has 2 atom stereocenters. The molecular weight excluding hydrogens is 354 g/mol. The molecule has 0 aromatic heterocycles. The number of hydrogen-bond donors (Lipinski definition) is 0. The molecule has 2 heterocycles. The van der Waals surface area contributed by atoms with Crippen molar-refractivity contribution in [3.05, 3.63) is 64.6 Å². The number of halogens is 1. The summed E-state index contributed by atoms with van der Waals surface area (Å²) in [7, 11) is 0. The van der Waals surface area contributed by atoms with Crippen molar-refractivity contribution in [2.24, 2.45) is 0 Å². The summed E-state index contributed by atoms with van der Waals surface area (Å²) in [6.07, 6.45) is 0.935. The predicted octanol–water partition coefficient (Wildman–Crippen LogP) is 4.40. The largest absolute Gasteiger partial charge is 0.341 e. The van der Waals surface area contributed by atoms with Crippen molar-refractivity contribution in [2.45, 2.75) is 25.6 Å². The van der Waals surface area contributed by atoms with Crippen LogP contribution in [0.25, 0.3) is 0 Å². The van der Waals surface area contributed by atoms with Gasteiger partial charge < -0.3 is 0 Å². The molecule has 0 aliphatic carbocycles. The smallest absolute Gasteiger partial charge is 0.271 e. The molecule has 118 valence electrons. The number of hydrazine groups is 1. The fourth-order valence-electron chi connectivity index (χ4n) is 3.49. The Labute approximate surface area is 144 Å². The summed E-state index contributed by atoms with van der Waals surface area (Å²) in [6, 6.07) is 18.5. The quantitative estimate of drug-likeness (QED) is 0.781. The molecule has 4 nitrogen and oxygen atoms in total. The van der Waals surface area contributed by atoms with Crippen molar-refractivity contribution in [1.29, 1.82) is 0 Å². The van der Waals surface area contributed by atoms with Crippen LogP contribution in [0.5, 0.6) is 0 Å². The number of amides is 2. The van der Waals surface area contributed by atoms with Crippen molar-refractivity contribution in [1.82, 2.24) is 10.0 Å². The van der Waals surface area contributed by atoms with Crippen LogP contribution in [0.4, 0.5) is 10.5 Å². The Kier molecular flexibility index (Phi) is 3.62. The number of rotatable bonds is 2. The Morgan fingerprint density at radius 2 is 1.74 bits per heavy atom. The first-order valence-electron chi connectivity index (χ1n) is 7.86. The maximum atomic E-state index is 13.0. The number of carbonyl (C=O) groups is 1. The van der Waals surface area contributed by atoms with Crippen LogP contribution >= 0.6 is 15.9 Å². The fraction of sp³-hybridized carbons (Fsp3) is 0.278. The van der Waals surface area contributed by atoms with Gasteiger partial charge in [-0.05, 0) is 43.2 Å². The molecule has 2 aliphatic rings. The van der Waals surface area contributed by atoms with Gasteiger partial charge in [0.1, 0.15) is 6.17 Å². The summed E-state index contributed by atoms with van der Waals surface area (Å²) in [5.74, 6) is 0. The van der Waals surface area contributed by atoms with Crippen LogP contribution in [0.2, 0.25) is 0 Å². The minimum Gasteiger partial charge on any atom is -0.271 e. The Morgan fingerprint density at radius 3 is 2.43 bits per heavy atom. The van der Waals surface area contributed by atoms with E-state index in [9.17, 15) is 4.79 Å². The van der Waals surface area contributed by atoms with E-state index >= 15 is 0 Å². The monoisotopic (exact) mass is 371 g/mol. The van der Waals surface area contributed by atoms with Crippen LogP contribution in [-0.4, -0.2) is 28.6 Å². The molecule has 0 radical (unpaired) electrons. The van der Waals surface area contributed by atoms with Crippen LogP contribution in [0, 0.1) is 0 Å². The molecule has 0 saturated carbocycles. The van der Waals surface area contributed by atoms with Gasteiger partial charge in [0.25, 0.3) is 0 Å². The van der Waals surface area contributed by atoms with E-state index in [0.717, 1.165) is 28.7 Å². The van der Waals surface area contributed by atoms with Gasteiger partial charge in [-0.2, -0.15) is 5.01 Å². The molecule has 2 aromatic rings. The van der Waals surface area contributed by atoms with Gasteiger partial charge in [0.2, 0.25) is 0 Å². The van der Waals surface area contributed by atoms with Crippen LogP contribution < -0.4 is 4.90 Å². The molecule has 2 amide bonds. The molecule has 4 rings (SSSR count). The van der Waals surface area contributed by atoms with E-state index in [1.54, 1.807) is 0 Å². The molecule has 2 aromatic carbocycles. The third kappa shape index (κ3) is 2.35. The summed E-state index contributed by atoms with van der Waals surface area (Å²) < 4.78 is 1.04. The normalized spacial score (nSPS) is 24.3. The molecule has 0 N–H and O–H groups in total. The second-order valence-corrected chi connectivity index (χ2v) is 6.97. The molecule has 2 aliphatic heterocycles. The first kappa shape index (κ1) is 14.7. The lowest BCUT2D eigenvalue weighted by Gasteiger charge is -2.28. The molecule has 2 fully saturated rings. The fourth-order valence-corrected chi connectivity index (χ4v) is 3.75. The Bertz CT molecular complexity index is 719. The van der Waals surface area contributed by atoms with E-state index in [1.807, 2.05) is 52.4 Å². The van der Waals surface area contributed by atoms with Gasteiger partial charge in [0.15, 0.2) is 0 Å². The van der Waals surface area contributed by atoms with Gasteiger partial charge in [-0.25, -0.2) is 4.79 Å². The maximum Gasteiger partial charge on any atom is 0.341 e. The second-order valence-electron chi connectivity index (χ2n) is 6.06. The van der Waals surface area contributed by atoms with E-state index in [1.165, 1.54) is 0 Å². The van der Waals surface area contributed by atoms with E-state index in [2.05, 4.69) is 40.0 Å². The highest BCUT2D eigenvalue weighted by Gasteiger charge is 2.50. The van der Waals surface area contributed by atoms with Crippen LogP contribution in [0.1, 0.15) is 25.1 Å². The molecule has 23 heavy (non-hydrogen) atoms. The minimum atomic E-state index is -0.0806. The number of anilines is 1. The van der Waals surface area contributed by atoms with Gasteiger partial charge in [-0.15, -0.1) is 0 Å². The first-order valence-corrected chi connectivity index (χ1v) is 8.65. The third-order valence-corrected chi connectivity index (χ3v) is 5.13. The molecule has 0 unspecified atom stereocenters. The van der Waals surface area contributed by atoms with Gasteiger partial charge in [0.05, 0.1) is 0 Å². The van der Waals surface area contributed by atoms with Crippen LogP contribution in [0.3, 0.4) is 0 Å². The highest BCUT2D eigenvalue weighted by Crippen LogP contribution is 2.42. The van der Waals surface area contributed by atoms with Crippen LogP contribution in [0.15, 0.2) is 59.1 Å². The lowest BCUT2D eigenvalue weighted by atomic mass is 10.1. The Morgan fingerprint density at radius 1 is 1.04 bits per heavy atom. The van der Waals surface area contributed by atoms with E-state index in [0.29, 0.717) is 0 Å². The van der Waals surface area contributed by atoms with E-state index in [-0.39, 0.29) is 18.2 Å². The molecule has 5 heteroatoms. The summed E-state index contributed by atoms with van der Waals surface area (Å²) in [6.45, 7) is 3.02. The lowest BCUT2D eigenvalue weighted by molar-refractivity contribution is 0.0519. The Hall–Kier alpha value is -1.85. The summed E-state index contributed by atoms with van der Waals surface area (Å²) in [5.41, 5.74) is 2.06. The third-order valence-electron chi connectivity index (χ3n) is 4.60. The van der Waals surface area contributed by atoms with Crippen molar-refractivity contribution >= 4 is 27.6 Å². The Balaban J connectivity index is 1.81. The number of nitrogens with zero attached hydrogens (tertiary/aromatic N) is 3. The zero-order valence-electron chi connectivity index (χ0n) is 12.9. The van der Waals surface area contributed by atoms with Gasteiger partial charge in [-0.1, -0.05) is 46.3 Å². The van der Waals surface area contributed by atoms with Crippen molar-refractivity contribution < 1.29 is 4.79 Å². The lowest BCUT2D eigenvalue weighted by Crippen LogP contribution is -2.37. The summed E-state index contributed by atoms with van der Waals surface area (Å²) in [4.78, 5) is 15.0. The number of urea groups is 1. The van der Waals surface area contributed by atoms with Crippen LogP contribution in [-0.2, 0) is 0 Å². The maximum absolute atomic E-state index is 13.0. The average Bonchev–Trinajstić information content (AvgIpc) is 3.08. The van der Waals surface area contributed by atoms with Gasteiger partial charge in [0, 0.05) is 22.7 Å². The van der Waals surface area contributed by atoms with Crippen molar-refractivity contribution in [3.8, 4) is 0 Å². The highest BCUT2D eigenvalue weighted by atomic mass is 79.9. The van der Waals surface area contributed by atoms with Crippen molar-refractivity contribution in [3.63, 3.8) is 0 Å². The minimum absolute atomic E-state index is 0.0640.